The summed E-state index contributed by atoms with van der Waals surface area (Å²) in [6.07, 6.45) is 6.23. The van der Waals surface area contributed by atoms with E-state index in [0.717, 1.165) is 18.1 Å². The zero-order valence-electron chi connectivity index (χ0n) is 11.0. The third-order valence-corrected chi connectivity index (χ3v) is 3.89. The Bertz CT molecular complexity index is 397. The van der Waals surface area contributed by atoms with Gasteiger partial charge in [-0.25, -0.2) is 0 Å². The molecule has 18 heavy (non-hydrogen) atoms. The maximum Gasteiger partial charge on any atom is 0.166 e. The number of aryl methyl sites for hydroxylation is 1. The van der Waals surface area contributed by atoms with Crippen LogP contribution in [0.3, 0.4) is 0 Å². The van der Waals surface area contributed by atoms with Crippen LogP contribution in [0, 0.1) is 6.92 Å². The Kier molecular flexibility index (Phi) is 5.00. The van der Waals surface area contributed by atoms with Crippen molar-refractivity contribution < 1.29 is 0 Å². The third-order valence-electron chi connectivity index (χ3n) is 3.63. The van der Waals surface area contributed by atoms with Crippen LogP contribution in [-0.4, -0.2) is 17.7 Å². The van der Waals surface area contributed by atoms with E-state index in [1.165, 1.54) is 36.8 Å². The maximum absolute atomic E-state index is 5.32. The van der Waals surface area contributed by atoms with E-state index < -0.39 is 0 Å². The first kappa shape index (κ1) is 13.3. The standard InChI is InChI=1S/C15H22N2S/c1-12-6-2-3-7-13(12)10-11-16-15(18)17-14-8-4-5-9-14/h2-3,6-7,14H,4-5,8-11H2,1H3,(H2,16,17,18). The molecule has 98 valence electrons. The van der Waals surface area contributed by atoms with Gasteiger partial charge < -0.3 is 10.6 Å². The molecule has 1 aliphatic rings. The molecule has 0 spiro atoms. The molecule has 1 aliphatic carbocycles. The van der Waals surface area contributed by atoms with Crippen molar-refractivity contribution in [1.82, 2.24) is 10.6 Å². The van der Waals surface area contributed by atoms with Gasteiger partial charge in [-0.15, -0.1) is 0 Å². The quantitative estimate of drug-likeness (QED) is 0.816. The fourth-order valence-electron chi connectivity index (χ4n) is 2.51. The van der Waals surface area contributed by atoms with Gasteiger partial charge in [0.1, 0.15) is 0 Å². The van der Waals surface area contributed by atoms with E-state index in [1.807, 2.05) is 0 Å². The zero-order chi connectivity index (χ0) is 12.8. The molecule has 2 nitrogen and oxygen atoms in total. The number of thiocarbonyl (C=S) groups is 1. The van der Waals surface area contributed by atoms with E-state index in [9.17, 15) is 0 Å². The minimum absolute atomic E-state index is 0.600. The van der Waals surface area contributed by atoms with Crippen molar-refractivity contribution in [2.24, 2.45) is 0 Å². The average molecular weight is 262 g/mol. The van der Waals surface area contributed by atoms with Crippen LogP contribution in [0.5, 0.6) is 0 Å². The van der Waals surface area contributed by atoms with E-state index >= 15 is 0 Å². The molecule has 0 unspecified atom stereocenters. The molecule has 0 radical (unpaired) electrons. The van der Waals surface area contributed by atoms with Gasteiger partial charge in [0.25, 0.3) is 0 Å². The molecule has 0 amide bonds. The molecule has 1 aromatic carbocycles. The van der Waals surface area contributed by atoms with Crippen molar-refractivity contribution in [2.75, 3.05) is 6.54 Å². The van der Waals surface area contributed by atoms with E-state index in [4.69, 9.17) is 12.2 Å². The molecular weight excluding hydrogens is 240 g/mol. The summed E-state index contributed by atoms with van der Waals surface area (Å²) in [5, 5.41) is 7.52. The van der Waals surface area contributed by atoms with Crippen molar-refractivity contribution in [1.29, 1.82) is 0 Å². The molecule has 0 bridgehead atoms. The molecule has 0 atom stereocenters. The lowest BCUT2D eigenvalue weighted by molar-refractivity contribution is 0.621. The summed E-state index contributed by atoms with van der Waals surface area (Å²) in [6.45, 7) is 3.06. The molecule has 1 fully saturated rings. The van der Waals surface area contributed by atoms with Crippen LogP contribution >= 0.6 is 12.2 Å². The van der Waals surface area contributed by atoms with E-state index in [1.54, 1.807) is 0 Å². The van der Waals surface area contributed by atoms with Crippen molar-refractivity contribution in [3.05, 3.63) is 35.4 Å². The Hall–Kier alpha value is -1.09. The first-order chi connectivity index (χ1) is 8.75. The molecule has 0 saturated heterocycles. The largest absolute Gasteiger partial charge is 0.362 e. The monoisotopic (exact) mass is 262 g/mol. The van der Waals surface area contributed by atoms with Crippen LogP contribution in [0.1, 0.15) is 36.8 Å². The highest BCUT2D eigenvalue weighted by molar-refractivity contribution is 7.80. The van der Waals surface area contributed by atoms with Gasteiger partial charge in [0.15, 0.2) is 5.11 Å². The van der Waals surface area contributed by atoms with Gasteiger partial charge in [0, 0.05) is 12.6 Å². The van der Waals surface area contributed by atoms with Crippen LogP contribution in [0.15, 0.2) is 24.3 Å². The molecule has 2 N–H and O–H groups in total. The maximum atomic E-state index is 5.32. The Morgan fingerprint density at radius 1 is 1.28 bits per heavy atom. The zero-order valence-corrected chi connectivity index (χ0v) is 11.9. The topological polar surface area (TPSA) is 24.1 Å². The van der Waals surface area contributed by atoms with Crippen LogP contribution in [0.4, 0.5) is 0 Å². The minimum Gasteiger partial charge on any atom is -0.362 e. The molecule has 0 heterocycles. The first-order valence-electron chi connectivity index (χ1n) is 6.84. The number of nitrogens with one attached hydrogen (secondary N) is 2. The third kappa shape index (κ3) is 3.98. The highest BCUT2D eigenvalue weighted by Crippen LogP contribution is 2.17. The second kappa shape index (κ2) is 6.74. The van der Waals surface area contributed by atoms with Crippen LogP contribution in [0.2, 0.25) is 0 Å². The number of hydrogen-bond donors (Lipinski definition) is 2. The van der Waals surface area contributed by atoms with Crippen molar-refractivity contribution in [2.45, 2.75) is 45.1 Å². The van der Waals surface area contributed by atoms with Gasteiger partial charge in [0.05, 0.1) is 0 Å². The molecule has 0 aliphatic heterocycles. The van der Waals surface area contributed by atoms with Crippen molar-refractivity contribution in [3.8, 4) is 0 Å². The van der Waals surface area contributed by atoms with Gasteiger partial charge >= 0.3 is 0 Å². The predicted molar refractivity (Wildman–Crippen MR) is 80.9 cm³/mol. The van der Waals surface area contributed by atoms with Gasteiger partial charge in [0.2, 0.25) is 0 Å². The Balaban J connectivity index is 1.68. The summed E-state index contributed by atoms with van der Waals surface area (Å²) in [5.41, 5.74) is 2.75. The van der Waals surface area contributed by atoms with Crippen molar-refractivity contribution in [3.63, 3.8) is 0 Å². The number of hydrogen-bond acceptors (Lipinski definition) is 1. The van der Waals surface area contributed by atoms with Gasteiger partial charge in [-0.1, -0.05) is 37.1 Å². The lowest BCUT2D eigenvalue weighted by atomic mass is 10.1. The summed E-state index contributed by atoms with van der Waals surface area (Å²) in [5.74, 6) is 0. The van der Waals surface area contributed by atoms with Gasteiger partial charge in [-0.2, -0.15) is 0 Å². The highest BCUT2D eigenvalue weighted by atomic mass is 32.1. The van der Waals surface area contributed by atoms with Gasteiger partial charge in [-0.3, -0.25) is 0 Å². The molecule has 2 rings (SSSR count). The number of rotatable bonds is 4. The number of benzene rings is 1. The second-order valence-electron chi connectivity index (χ2n) is 5.06. The minimum atomic E-state index is 0.600. The molecule has 0 aromatic heterocycles. The lowest BCUT2D eigenvalue weighted by Gasteiger charge is -2.16. The fourth-order valence-corrected chi connectivity index (χ4v) is 2.78. The summed E-state index contributed by atoms with van der Waals surface area (Å²) < 4.78 is 0. The van der Waals surface area contributed by atoms with E-state index in [-0.39, 0.29) is 0 Å². The highest BCUT2D eigenvalue weighted by Gasteiger charge is 2.14. The SMILES string of the molecule is Cc1ccccc1CCNC(=S)NC1CCCC1. The van der Waals surface area contributed by atoms with Crippen LogP contribution in [0.25, 0.3) is 0 Å². The molecule has 1 aromatic rings. The lowest BCUT2D eigenvalue weighted by Crippen LogP contribution is -2.41. The second-order valence-corrected chi connectivity index (χ2v) is 5.47. The summed E-state index contributed by atoms with van der Waals surface area (Å²) in [7, 11) is 0. The molecule has 1 saturated carbocycles. The first-order valence-corrected chi connectivity index (χ1v) is 7.25. The van der Waals surface area contributed by atoms with Crippen molar-refractivity contribution >= 4 is 17.3 Å². The van der Waals surface area contributed by atoms with E-state index in [2.05, 4.69) is 41.8 Å². The van der Waals surface area contributed by atoms with Crippen LogP contribution in [-0.2, 0) is 6.42 Å². The summed E-state index contributed by atoms with van der Waals surface area (Å²) in [6, 6.07) is 9.12. The van der Waals surface area contributed by atoms with Gasteiger partial charge in [-0.05, 0) is 49.5 Å². The Morgan fingerprint density at radius 2 is 2.00 bits per heavy atom. The average Bonchev–Trinajstić information content (AvgIpc) is 2.84. The summed E-state index contributed by atoms with van der Waals surface area (Å²) >= 11 is 5.32. The summed E-state index contributed by atoms with van der Waals surface area (Å²) in [4.78, 5) is 0. The van der Waals surface area contributed by atoms with Crippen LogP contribution < -0.4 is 10.6 Å². The normalized spacial score (nSPS) is 15.6. The van der Waals surface area contributed by atoms with E-state index in [0.29, 0.717) is 6.04 Å². The smallest absolute Gasteiger partial charge is 0.166 e. The Labute approximate surface area is 115 Å². The molecular formula is C15H22N2S. The Morgan fingerprint density at radius 3 is 2.72 bits per heavy atom. The fraction of sp³-hybridized carbons (Fsp3) is 0.533. The predicted octanol–water partition coefficient (Wildman–Crippen LogP) is 2.94. The molecule has 3 heteroatoms.